The highest BCUT2D eigenvalue weighted by Gasteiger charge is 2.02. The van der Waals surface area contributed by atoms with E-state index in [2.05, 4.69) is 5.32 Å². The van der Waals surface area contributed by atoms with E-state index in [0.717, 1.165) is 17.7 Å². The molecule has 1 N–H and O–H groups in total. The van der Waals surface area contributed by atoms with Crippen LogP contribution in [0.5, 0.6) is 5.75 Å². The minimum absolute atomic E-state index is 0.259. The zero-order chi connectivity index (χ0) is 16.5. The van der Waals surface area contributed by atoms with Gasteiger partial charge in [0.1, 0.15) is 5.75 Å². The van der Waals surface area contributed by atoms with Crippen molar-refractivity contribution in [2.24, 2.45) is 0 Å². The second-order valence-corrected chi connectivity index (χ2v) is 4.90. The molecule has 0 atom stereocenters. The summed E-state index contributed by atoms with van der Waals surface area (Å²) in [5.41, 5.74) is 1.95. The van der Waals surface area contributed by atoms with Crippen molar-refractivity contribution in [2.45, 2.75) is 13.3 Å². The summed E-state index contributed by atoms with van der Waals surface area (Å²) in [5, 5.41) is 11.6. The summed E-state index contributed by atoms with van der Waals surface area (Å²) < 4.78 is 5.65. The molecule has 2 aromatic carbocycles. The summed E-state index contributed by atoms with van der Waals surface area (Å²) in [6.07, 6.45) is 4.09. The molecule has 0 aromatic heterocycles. The Morgan fingerprint density at radius 3 is 2.87 bits per heavy atom. The van der Waals surface area contributed by atoms with Crippen molar-refractivity contribution in [3.8, 4) is 11.8 Å². The summed E-state index contributed by atoms with van der Waals surface area (Å²) in [5.74, 6) is 0.496. The Labute approximate surface area is 136 Å². The van der Waals surface area contributed by atoms with Crippen molar-refractivity contribution in [1.29, 1.82) is 5.26 Å². The van der Waals surface area contributed by atoms with Crippen LogP contribution < -0.4 is 10.1 Å². The zero-order valence-electron chi connectivity index (χ0n) is 13.0. The smallest absolute Gasteiger partial charge is 0.248 e. The van der Waals surface area contributed by atoms with Gasteiger partial charge in [-0.2, -0.15) is 5.26 Å². The highest BCUT2D eigenvalue weighted by Crippen LogP contribution is 2.19. The van der Waals surface area contributed by atoms with E-state index in [0.29, 0.717) is 17.9 Å². The van der Waals surface area contributed by atoms with Crippen molar-refractivity contribution in [1.82, 2.24) is 0 Å². The summed E-state index contributed by atoms with van der Waals surface area (Å²) >= 11 is 0. The van der Waals surface area contributed by atoms with Crippen molar-refractivity contribution >= 4 is 17.7 Å². The highest BCUT2D eigenvalue weighted by atomic mass is 16.5. The van der Waals surface area contributed by atoms with Crippen molar-refractivity contribution in [3.05, 3.63) is 65.7 Å². The fraction of sp³-hybridized carbons (Fsp3) is 0.158. The number of nitriles is 1. The van der Waals surface area contributed by atoms with E-state index in [4.69, 9.17) is 10.00 Å². The normalized spacial score (nSPS) is 10.3. The third kappa shape index (κ3) is 5.01. The molecule has 2 aromatic rings. The maximum absolute atomic E-state index is 12.0. The Morgan fingerprint density at radius 2 is 2.09 bits per heavy atom. The molecule has 0 fully saturated rings. The maximum Gasteiger partial charge on any atom is 0.248 e. The molecule has 0 aliphatic rings. The summed E-state index contributed by atoms with van der Waals surface area (Å²) in [6.45, 7) is 2.68. The Balaban J connectivity index is 2.05. The van der Waals surface area contributed by atoms with Crippen LogP contribution in [0.1, 0.15) is 24.5 Å². The molecule has 0 unspecified atom stereocenters. The highest BCUT2D eigenvalue weighted by molar-refractivity contribution is 6.02. The largest absolute Gasteiger partial charge is 0.493 e. The number of benzene rings is 2. The van der Waals surface area contributed by atoms with Crippen molar-refractivity contribution in [3.63, 3.8) is 0 Å². The van der Waals surface area contributed by atoms with Crippen LogP contribution in [0.3, 0.4) is 0 Å². The molecule has 1 amide bonds. The van der Waals surface area contributed by atoms with Gasteiger partial charge in [-0.15, -0.1) is 0 Å². The fourth-order valence-corrected chi connectivity index (χ4v) is 1.98. The van der Waals surface area contributed by atoms with Gasteiger partial charge in [-0.05, 0) is 36.8 Å². The van der Waals surface area contributed by atoms with E-state index in [9.17, 15) is 4.79 Å². The first-order valence-electron chi connectivity index (χ1n) is 7.44. The third-order valence-electron chi connectivity index (χ3n) is 3.05. The van der Waals surface area contributed by atoms with Gasteiger partial charge in [0.05, 0.1) is 18.2 Å². The first-order valence-corrected chi connectivity index (χ1v) is 7.44. The van der Waals surface area contributed by atoms with Gasteiger partial charge in [0.2, 0.25) is 5.91 Å². The Morgan fingerprint density at radius 1 is 1.26 bits per heavy atom. The number of amides is 1. The monoisotopic (exact) mass is 306 g/mol. The molecule has 0 radical (unpaired) electrons. The van der Waals surface area contributed by atoms with Crippen LogP contribution in [-0.4, -0.2) is 12.5 Å². The lowest BCUT2D eigenvalue weighted by molar-refractivity contribution is -0.111. The van der Waals surface area contributed by atoms with Gasteiger partial charge < -0.3 is 10.1 Å². The summed E-state index contributed by atoms with van der Waals surface area (Å²) in [6, 6.07) is 16.4. The topological polar surface area (TPSA) is 62.1 Å². The SMILES string of the molecule is CCCOc1ccccc1/C=C/C(=O)Nc1cccc(C#N)c1. The average Bonchev–Trinajstić information content (AvgIpc) is 2.59. The molecule has 23 heavy (non-hydrogen) atoms. The molecule has 2 rings (SSSR count). The number of anilines is 1. The van der Waals surface area contributed by atoms with Crippen LogP contribution in [0, 0.1) is 11.3 Å². The number of nitrogens with zero attached hydrogens (tertiary/aromatic N) is 1. The lowest BCUT2D eigenvalue weighted by Gasteiger charge is -2.07. The summed E-state index contributed by atoms with van der Waals surface area (Å²) in [7, 11) is 0. The molecular formula is C19H18N2O2. The van der Waals surface area contributed by atoms with E-state index >= 15 is 0 Å². The molecule has 0 heterocycles. The van der Waals surface area contributed by atoms with Crippen LogP contribution >= 0.6 is 0 Å². The number of ether oxygens (including phenoxy) is 1. The van der Waals surface area contributed by atoms with Crippen LogP contribution in [-0.2, 0) is 4.79 Å². The Bertz CT molecular complexity index is 745. The molecule has 4 nitrogen and oxygen atoms in total. The Hall–Kier alpha value is -3.06. The number of nitrogens with one attached hydrogen (secondary N) is 1. The minimum Gasteiger partial charge on any atom is -0.493 e. The van der Waals surface area contributed by atoms with Crippen LogP contribution in [0.4, 0.5) is 5.69 Å². The Kier molecular flexibility index (Phi) is 5.96. The molecule has 0 saturated heterocycles. The fourth-order valence-electron chi connectivity index (χ4n) is 1.98. The molecule has 0 saturated carbocycles. The van der Waals surface area contributed by atoms with Gasteiger partial charge in [0.15, 0.2) is 0 Å². The van der Waals surface area contributed by atoms with Gasteiger partial charge >= 0.3 is 0 Å². The van der Waals surface area contributed by atoms with Crippen molar-refractivity contribution < 1.29 is 9.53 Å². The van der Waals surface area contributed by atoms with E-state index in [1.807, 2.05) is 37.3 Å². The molecule has 0 bridgehead atoms. The number of rotatable bonds is 6. The number of hydrogen-bond donors (Lipinski definition) is 1. The number of para-hydroxylation sites is 1. The third-order valence-corrected chi connectivity index (χ3v) is 3.05. The second kappa shape index (κ2) is 8.40. The van der Waals surface area contributed by atoms with Crippen LogP contribution in [0.2, 0.25) is 0 Å². The first-order chi connectivity index (χ1) is 11.2. The van der Waals surface area contributed by atoms with Gasteiger partial charge in [0.25, 0.3) is 0 Å². The predicted molar refractivity (Wildman–Crippen MR) is 91.0 cm³/mol. The summed E-state index contributed by atoms with van der Waals surface area (Å²) in [4.78, 5) is 12.0. The second-order valence-electron chi connectivity index (χ2n) is 4.90. The molecule has 4 heteroatoms. The average molecular weight is 306 g/mol. The van der Waals surface area contributed by atoms with E-state index in [1.165, 1.54) is 6.08 Å². The van der Waals surface area contributed by atoms with Crippen LogP contribution in [0.25, 0.3) is 6.08 Å². The molecule has 0 aliphatic carbocycles. The molecular weight excluding hydrogens is 288 g/mol. The van der Waals surface area contributed by atoms with E-state index in [1.54, 1.807) is 30.3 Å². The zero-order valence-corrected chi connectivity index (χ0v) is 13.0. The molecule has 116 valence electrons. The van der Waals surface area contributed by atoms with Gasteiger partial charge in [-0.1, -0.05) is 31.2 Å². The predicted octanol–water partition coefficient (Wildman–Crippen LogP) is 4.00. The van der Waals surface area contributed by atoms with Gasteiger partial charge in [-0.25, -0.2) is 0 Å². The molecule has 0 aliphatic heterocycles. The van der Waals surface area contributed by atoms with E-state index < -0.39 is 0 Å². The van der Waals surface area contributed by atoms with Crippen LogP contribution in [0.15, 0.2) is 54.6 Å². The van der Waals surface area contributed by atoms with Gasteiger partial charge in [-0.3, -0.25) is 4.79 Å². The van der Waals surface area contributed by atoms with Crippen molar-refractivity contribution in [2.75, 3.05) is 11.9 Å². The number of carbonyl (C=O) groups is 1. The standard InChI is InChI=1S/C19H18N2O2/c1-2-12-23-18-9-4-3-7-16(18)10-11-19(22)21-17-8-5-6-15(13-17)14-20/h3-11,13H,2,12H2,1H3,(H,21,22)/b11-10+. The minimum atomic E-state index is -0.259. The molecule has 0 spiro atoms. The van der Waals surface area contributed by atoms with Gasteiger partial charge in [0, 0.05) is 17.3 Å². The number of hydrogen-bond acceptors (Lipinski definition) is 3. The maximum atomic E-state index is 12.0. The number of carbonyl (C=O) groups excluding carboxylic acids is 1. The first kappa shape index (κ1) is 16.3. The lowest BCUT2D eigenvalue weighted by Crippen LogP contribution is -2.07. The lowest BCUT2D eigenvalue weighted by atomic mass is 10.2. The quantitative estimate of drug-likeness (QED) is 0.820. The van der Waals surface area contributed by atoms with E-state index in [-0.39, 0.29) is 5.91 Å².